The SMILES string of the molecule is CCCC1CC(C)(CC(C)(C)C)c2ccc(Cl)cc2N1. The van der Waals surface area contributed by atoms with Gasteiger partial charge in [0, 0.05) is 16.8 Å². The zero-order chi connectivity index (χ0) is 15.0. The number of anilines is 1. The van der Waals surface area contributed by atoms with Gasteiger partial charge >= 0.3 is 0 Å². The number of hydrogen-bond donors (Lipinski definition) is 1. The molecule has 1 N–H and O–H groups in total. The van der Waals surface area contributed by atoms with Crippen LogP contribution in [0.5, 0.6) is 0 Å². The maximum absolute atomic E-state index is 6.19. The summed E-state index contributed by atoms with van der Waals surface area (Å²) in [5, 5.41) is 4.52. The highest BCUT2D eigenvalue weighted by Gasteiger charge is 2.38. The Bertz CT molecular complexity index is 475. The molecule has 0 saturated heterocycles. The van der Waals surface area contributed by atoms with Crippen LogP contribution in [-0.4, -0.2) is 6.04 Å². The second-order valence-electron chi connectivity index (χ2n) is 7.82. The molecule has 2 atom stereocenters. The molecule has 2 heteroatoms. The normalized spacial score (nSPS) is 26.0. The van der Waals surface area contributed by atoms with Gasteiger partial charge in [0.2, 0.25) is 0 Å². The maximum Gasteiger partial charge on any atom is 0.0426 e. The van der Waals surface area contributed by atoms with Gasteiger partial charge in [-0.3, -0.25) is 0 Å². The van der Waals surface area contributed by atoms with Crippen LogP contribution in [0.1, 0.15) is 65.9 Å². The lowest BCUT2D eigenvalue weighted by molar-refractivity contribution is 0.239. The van der Waals surface area contributed by atoms with E-state index in [2.05, 4.69) is 52.1 Å². The Morgan fingerprint density at radius 1 is 1.35 bits per heavy atom. The average Bonchev–Trinajstić information content (AvgIpc) is 2.25. The summed E-state index contributed by atoms with van der Waals surface area (Å²) in [6.45, 7) is 11.7. The van der Waals surface area contributed by atoms with Crippen LogP contribution >= 0.6 is 11.6 Å². The standard InChI is InChI=1S/C18H28ClN/c1-6-7-14-11-18(5,12-17(2,3)4)15-9-8-13(19)10-16(15)20-14/h8-10,14,20H,6-7,11-12H2,1-5H3. The van der Waals surface area contributed by atoms with Gasteiger partial charge in [0.1, 0.15) is 0 Å². The van der Waals surface area contributed by atoms with E-state index in [9.17, 15) is 0 Å². The zero-order valence-electron chi connectivity index (χ0n) is 13.5. The van der Waals surface area contributed by atoms with E-state index in [4.69, 9.17) is 11.6 Å². The molecule has 0 fully saturated rings. The quantitative estimate of drug-likeness (QED) is 0.718. The van der Waals surface area contributed by atoms with Crippen molar-refractivity contribution < 1.29 is 0 Å². The lowest BCUT2D eigenvalue weighted by atomic mass is 9.65. The van der Waals surface area contributed by atoms with Crippen molar-refractivity contribution in [3.8, 4) is 0 Å². The summed E-state index contributed by atoms with van der Waals surface area (Å²) in [4.78, 5) is 0. The van der Waals surface area contributed by atoms with Gasteiger partial charge < -0.3 is 5.32 Å². The fraction of sp³-hybridized carbons (Fsp3) is 0.667. The highest BCUT2D eigenvalue weighted by molar-refractivity contribution is 6.30. The Balaban J connectivity index is 2.40. The molecule has 0 spiro atoms. The zero-order valence-corrected chi connectivity index (χ0v) is 14.3. The molecule has 1 aliphatic heterocycles. The Kier molecular flexibility index (Phi) is 4.39. The van der Waals surface area contributed by atoms with Crippen LogP contribution in [0.3, 0.4) is 0 Å². The lowest BCUT2D eigenvalue weighted by Crippen LogP contribution is -2.40. The topological polar surface area (TPSA) is 12.0 Å². The van der Waals surface area contributed by atoms with Crippen molar-refractivity contribution in [1.82, 2.24) is 0 Å². The molecule has 0 aliphatic carbocycles. The van der Waals surface area contributed by atoms with E-state index in [-0.39, 0.29) is 5.41 Å². The molecule has 1 aromatic carbocycles. The molecule has 0 amide bonds. The summed E-state index contributed by atoms with van der Waals surface area (Å²) < 4.78 is 0. The Morgan fingerprint density at radius 3 is 2.65 bits per heavy atom. The fourth-order valence-corrected chi connectivity index (χ4v) is 4.12. The highest BCUT2D eigenvalue weighted by Crippen LogP contribution is 2.47. The number of benzene rings is 1. The van der Waals surface area contributed by atoms with Gasteiger partial charge in [-0.1, -0.05) is 58.7 Å². The first kappa shape index (κ1) is 15.7. The van der Waals surface area contributed by atoms with Crippen LogP contribution in [0.25, 0.3) is 0 Å². The van der Waals surface area contributed by atoms with Crippen LogP contribution in [0.4, 0.5) is 5.69 Å². The third-order valence-electron chi connectivity index (χ3n) is 4.25. The molecule has 1 aliphatic rings. The fourth-order valence-electron chi connectivity index (χ4n) is 3.95. The Labute approximate surface area is 129 Å². The minimum atomic E-state index is 0.239. The van der Waals surface area contributed by atoms with E-state index in [0.29, 0.717) is 11.5 Å². The minimum Gasteiger partial charge on any atom is -0.382 e. The van der Waals surface area contributed by atoms with Crippen LogP contribution in [-0.2, 0) is 5.41 Å². The first-order valence-electron chi connectivity index (χ1n) is 7.80. The second kappa shape index (κ2) is 5.60. The minimum absolute atomic E-state index is 0.239. The van der Waals surface area contributed by atoms with Crippen molar-refractivity contribution in [3.05, 3.63) is 28.8 Å². The molecule has 2 unspecified atom stereocenters. The van der Waals surface area contributed by atoms with Crippen LogP contribution in [0.2, 0.25) is 5.02 Å². The van der Waals surface area contributed by atoms with Crippen molar-refractivity contribution in [2.24, 2.45) is 5.41 Å². The first-order valence-corrected chi connectivity index (χ1v) is 8.18. The number of fused-ring (bicyclic) bond motifs is 1. The second-order valence-corrected chi connectivity index (χ2v) is 8.26. The smallest absolute Gasteiger partial charge is 0.0426 e. The molecule has 1 nitrogen and oxygen atoms in total. The number of halogens is 1. The summed E-state index contributed by atoms with van der Waals surface area (Å²) in [7, 11) is 0. The predicted octanol–water partition coefficient (Wildman–Crippen LogP) is 6.02. The van der Waals surface area contributed by atoms with Crippen LogP contribution in [0, 0.1) is 5.41 Å². The molecule has 0 aromatic heterocycles. The molecule has 1 heterocycles. The summed E-state index contributed by atoms with van der Waals surface area (Å²) in [5.74, 6) is 0. The van der Waals surface area contributed by atoms with Gasteiger partial charge in [-0.05, 0) is 47.8 Å². The van der Waals surface area contributed by atoms with Gasteiger partial charge in [-0.15, -0.1) is 0 Å². The third-order valence-corrected chi connectivity index (χ3v) is 4.48. The van der Waals surface area contributed by atoms with E-state index in [0.717, 1.165) is 5.02 Å². The molecule has 0 bridgehead atoms. The van der Waals surface area contributed by atoms with Crippen molar-refractivity contribution in [1.29, 1.82) is 0 Å². The highest BCUT2D eigenvalue weighted by atomic mass is 35.5. The van der Waals surface area contributed by atoms with E-state index >= 15 is 0 Å². The van der Waals surface area contributed by atoms with Gasteiger partial charge in [-0.25, -0.2) is 0 Å². The summed E-state index contributed by atoms with van der Waals surface area (Å²) in [5.41, 5.74) is 3.25. The molecule has 20 heavy (non-hydrogen) atoms. The first-order chi connectivity index (χ1) is 9.23. The molecule has 1 aromatic rings. The van der Waals surface area contributed by atoms with E-state index in [1.54, 1.807) is 0 Å². The van der Waals surface area contributed by atoms with Crippen molar-refractivity contribution in [2.75, 3.05) is 5.32 Å². The summed E-state index contributed by atoms with van der Waals surface area (Å²) >= 11 is 6.19. The summed E-state index contributed by atoms with van der Waals surface area (Å²) in [6, 6.07) is 6.92. The summed E-state index contributed by atoms with van der Waals surface area (Å²) in [6.07, 6.45) is 4.87. The maximum atomic E-state index is 6.19. The number of hydrogen-bond acceptors (Lipinski definition) is 1. The average molecular weight is 294 g/mol. The molecular formula is C18H28ClN. The van der Waals surface area contributed by atoms with E-state index in [1.807, 2.05) is 6.07 Å². The Hall–Kier alpha value is -0.690. The van der Waals surface area contributed by atoms with E-state index in [1.165, 1.54) is 36.9 Å². The van der Waals surface area contributed by atoms with E-state index < -0.39 is 0 Å². The Morgan fingerprint density at radius 2 is 2.05 bits per heavy atom. The molecule has 0 radical (unpaired) electrons. The largest absolute Gasteiger partial charge is 0.382 e. The number of rotatable bonds is 3. The monoisotopic (exact) mass is 293 g/mol. The molecule has 2 rings (SSSR count). The van der Waals surface area contributed by atoms with Gasteiger partial charge in [0.05, 0.1) is 0 Å². The molecular weight excluding hydrogens is 266 g/mol. The molecule has 112 valence electrons. The van der Waals surface area contributed by atoms with Crippen molar-refractivity contribution in [2.45, 2.75) is 71.8 Å². The number of nitrogens with one attached hydrogen (secondary N) is 1. The van der Waals surface area contributed by atoms with Gasteiger partial charge in [-0.2, -0.15) is 0 Å². The predicted molar refractivity (Wildman–Crippen MR) is 89.8 cm³/mol. The third kappa shape index (κ3) is 3.49. The van der Waals surface area contributed by atoms with Crippen LogP contribution < -0.4 is 5.32 Å². The lowest BCUT2D eigenvalue weighted by Gasteiger charge is -2.44. The van der Waals surface area contributed by atoms with Crippen LogP contribution in [0.15, 0.2) is 18.2 Å². The van der Waals surface area contributed by atoms with Crippen molar-refractivity contribution in [3.63, 3.8) is 0 Å². The van der Waals surface area contributed by atoms with Gasteiger partial charge in [0.25, 0.3) is 0 Å². The van der Waals surface area contributed by atoms with Crippen molar-refractivity contribution >= 4 is 17.3 Å². The van der Waals surface area contributed by atoms with Gasteiger partial charge in [0.15, 0.2) is 0 Å². The molecule has 0 saturated carbocycles.